The Kier molecular flexibility index (Phi) is 7.70. The summed E-state index contributed by atoms with van der Waals surface area (Å²) >= 11 is 5.79. The van der Waals surface area contributed by atoms with Gasteiger partial charge < -0.3 is 15.0 Å². The molecule has 0 aromatic heterocycles. The van der Waals surface area contributed by atoms with E-state index in [1.54, 1.807) is 25.7 Å². The number of nitrogens with zero attached hydrogens (tertiary/aromatic N) is 2. The lowest BCUT2D eigenvalue weighted by atomic mass is 9.80. The van der Waals surface area contributed by atoms with Crippen LogP contribution in [-0.2, 0) is 16.0 Å². The zero-order chi connectivity index (χ0) is 20.7. The van der Waals surface area contributed by atoms with Crippen LogP contribution in [-0.4, -0.2) is 48.0 Å². The number of hydrogen-bond acceptors (Lipinski definition) is 4. The van der Waals surface area contributed by atoms with Crippen molar-refractivity contribution in [3.8, 4) is 6.07 Å². The number of rotatable bonds is 6. The minimum Gasteiger partial charge on any atom is -0.444 e. The first-order valence-electron chi connectivity index (χ1n) is 9.57. The van der Waals surface area contributed by atoms with Crippen LogP contribution >= 0.6 is 11.6 Å². The molecule has 0 aliphatic heterocycles. The molecule has 0 heterocycles. The Morgan fingerprint density at radius 1 is 1.39 bits per heavy atom. The normalized spacial score (nSPS) is 15.9. The molecular formula is C21H28ClN3O3. The molecule has 1 aliphatic carbocycles. The molecule has 1 aromatic rings. The van der Waals surface area contributed by atoms with Crippen LogP contribution in [0, 0.1) is 11.3 Å². The van der Waals surface area contributed by atoms with E-state index in [2.05, 4.69) is 11.4 Å². The summed E-state index contributed by atoms with van der Waals surface area (Å²) in [6.07, 6.45) is 2.31. The quantitative estimate of drug-likeness (QED) is 0.733. The second-order valence-electron chi connectivity index (χ2n) is 7.98. The minimum atomic E-state index is -0.569. The van der Waals surface area contributed by atoms with Gasteiger partial charge in [-0.1, -0.05) is 12.1 Å². The van der Waals surface area contributed by atoms with Crippen molar-refractivity contribution in [3.63, 3.8) is 0 Å². The van der Waals surface area contributed by atoms with Gasteiger partial charge in [-0.15, -0.1) is 11.6 Å². The fourth-order valence-electron chi connectivity index (χ4n) is 3.52. The van der Waals surface area contributed by atoms with Gasteiger partial charge in [0.05, 0.1) is 11.6 Å². The molecule has 152 valence electrons. The maximum absolute atomic E-state index is 12.3. The molecule has 7 heteroatoms. The molecule has 0 saturated carbocycles. The zero-order valence-electron chi connectivity index (χ0n) is 16.8. The Hall–Kier alpha value is -2.26. The van der Waals surface area contributed by atoms with E-state index < -0.39 is 11.7 Å². The minimum absolute atomic E-state index is 0.107. The van der Waals surface area contributed by atoms with Crippen molar-refractivity contribution in [2.75, 3.05) is 25.5 Å². The monoisotopic (exact) mass is 405 g/mol. The maximum atomic E-state index is 12.3. The maximum Gasteiger partial charge on any atom is 0.407 e. The van der Waals surface area contributed by atoms with Gasteiger partial charge >= 0.3 is 6.09 Å². The van der Waals surface area contributed by atoms with Crippen LogP contribution < -0.4 is 5.32 Å². The fraction of sp³-hybridized carbons (Fsp3) is 0.571. The molecule has 0 fully saturated rings. The average Bonchev–Trinajstić information content (AvgIpc) is 2.64. The Labute approximate surface area is 171 Å². The summed E-state index contributed by atoms with van der Waals surface area (Å²) in [5, 5.41) is 12.0. The summed E-state index contributed by atoms with van der Waals surface area (Å²) in [6, 6.07) is 8.05. The van der Waals surface area contributed by atoms with Crippen molar-refractivity contribution < 1.29 is 14.3 Å². The number of carbonyl (C=O) groups is 2. The third kappa shape index (κ3) is 6.13. The highest BCUT2D eigenvalue weighted by molar-refractivity contribution is 6.27. The SMILES string of the molecule is CC(C)(C)OC(=O)NCCN(C[C@H]1CCCc2c(C#N)cccc21)C(=O)CCl. The van der Waals surface area contributed by atoms with E-state index in [1.807, 2.05) is 18.2 Å². The molecule has 6 nitrogen and oxygen atoms in total. The number of nitriles is 1. The molecule has 2 amide bonds. The number of halogens is 1. The standard InChI is InChI=1S/C21H28ClN3O3/c1-21(2,3)28-20(27)24-10-11-25(19(26)12-22)14-16-7-5-8-17-15(13-23)6-4-9-18(16)17/h4,6,9,16H,5,7-8,10-12,14H2,1-3H3,(H,24,27)/t16-/m1/s1. The molecular weight excluding hydrogens is 378 g/mol. The fourth-order valence-corrected chi connectivity index (χ4v) is 3.69. The van der Waals surface area contributed by atoms with E-state index in [1.165, 1.54) is 0 Å². The zero-order valence-corrected chi connectivity index (χ0v) is 17.5. The Morgan fingerprint density at radius 2 is 2.14 bits per heavy atom. The van der Waals surface area contributed by atoms with Crippen molar-refractivity contribution in [3.05, 3.63) is 34.9 Å². The molecule has 1 N–H and O–H groups in total. The number of alkyl halides is 1. The van der Waals surface area contributed by atoms with Crippen LogP contribution in [0.2, 0.25) is 0 Å². The van der Waals surface area contributed by atoms with Crippen LogP contribution in [0.4, 0.5) is 4.79 Å². The van der Waals surface area contributed by atoms with Crippen molar-refractivity contribution in [2.24, 2.45) is 0 Å². The number of fused-ring (bicyclic) bond motifs is 1. The molecule has 0 radical (unpaired) electrons. The first-order valence-corrected chi connectivity index (χ1v) is 10.1. The molecule has 1 atom stereocenters. The first kappa shape index (κ1) is 22.0. The van der Waals surface area contributed by atoms with Gasteiger partial charge in [0.2, 0.25) is 5.91 Å². The van der Waals surface area contributed by atoms with Gasteiger partial charge in [-0.05, 0) is 57.2 Å². The van der Waals surface area contributed by atoms with Crippen LogP contribution in [0.25, 0.3) is 0 Å². The number of amides is 2. The molecule has 1 aromatic carbocycles. The van der Waals surface area contributed by atoms with Gasteiger partial charge in [0.15, 0.2) is 0 Å². The summed E-state index contributed by atoms with van der Waals surface area (Å²) < 4.78 is 5.22. The predicted molar refractivity (Wildman–Crippen MR) is 108 cm³/mol. The molecule has 1 aliphatic rings. The average molecular weight is 406 g/mol. The van der Waals surface area contributed by atoms with Crippen molar-refractivity contribution in [1.29, 1.82) is 5.26 Å². The number of nitrogens with one attached hydrogen (secondary N) is 1. The van der Waals surface area contributed by atoms with Gasteiger partial charge in [0.1, 0.15) is 11.5 Å². The first-order chi connectivity index (χ1) is 13.2. The number of hydrogen-bond donors (Lipinski definition) is 1. The lowest BCUT2D eigenvalue weighted by Gasteiger charge is -2.32. The lowest BCUT2D eigenvalue weighted by Crippen LogP contribution is -2.42. The van der Waals surface area contributed by atoms with E-state index in [4.69, 9.17) is 16.3 Å². The van der Waals surface area contributed by atoms with Gasteiger partial charge in [0, 0.05) is 25.6 Å². The van der Waals surface area contributed by atoms with E-state index in [0.717, 1.165) is 30.4 Å². The van der Waals surface area contributed by atoms with E-state index in [9.17, 15) is 14.9 Å². The van der Waals surface area contributed by atoms with Gasteiger partial charge in [-0.2, -0.15) is 5.26 Å². The smallest absolute Gasteiger partial charge is 0.407 e. The van der Waals surface area contributed by atoms with E-state index in [-0.39, 0.29) is 24.2 Å². The van der Waals surface area contributed by atoms with Crippen molar-refractivity contribution in [1.82, 2.24) is 10.2 Å². The highest BCUT2D eigenvalue weighted by Gasteiger charge is 2.26. The highest BCUT2D eigenvalue weighted by atomic mass is 35.5. The van der Waals surface area contributed by atoms with Gasteiger partial charge in [-0.3, -0.25) is 4.79 Å². The summed E-state index contributed by atoms with van der Waals surface area (Å²) in [6.45, 7) is 6.55. The predicted octanol–water partition coefficient (Wildman–Crippen LogP) is 3.57. The van der Waals surface area contributed by atoms with Crippen molar-refractivity contribution in [2.45, 2.75) is 51.6 Å². The summed E-state index contributed by atoms with van der Waals surface area (Å²) in [4.78, 5) is 25.8. The van der Waals surface area contributed by atoms with Crippen LogP contribution in [0.15, 0.2) is 18.2 Å². The topological polar surface area (TPSA) is 82.4 Å². The molecule has 0 spiro atoms. The lowest BCUT2D eigenvalue weighted by molar-refractivity contribution is -0.128. The van der Waals surface area contributed by atoms with Gasteiger partial charge in [0.25, 0.3) is 0 Å². The van der Waals surface area contributed by atoms with Crippen LogP contribution in [0.5, 0.6) is 0 Å². The number of benzene rings is 1. The Balaban J connectivity index is 2.03. The molecule has 0 saturated heterocycles. The van der Waals surface area contributed by atoms with Crippen LogP contribution in [0.1, 0.15) is 56.2 Å². The molecule has 0 unspecified atom stereocenters. The second-order valence-corrected chi connectivity index (χ2v) is 8.24. The number of ether oxygens (including phenoxy) is 1. The van der Waals surface area contributed by atoms with Gasteiger partial charge in [-0.25, -0.2) is 4.79 Å². The Morgan fingerprint density at radius 3 is 2.79 bits per heavy atom. The Bertz CT molecular complexity index is 752. The largest absolute Gasteiger partial charge is 0.444 e. The number of carbonyl (C=O) groups excluding carboxylic acids is 2. The molecule has 28 heavy (non-hydrogen) atoms. The second kappa shape index (κ2) is 9.79. The summed E-state index contributed by atoms with van der Waals surface area (Å²) in [5.41, 5.74) is 2.37. The highest BCUT2D eigenvalue weighted by Crippen LogP contribution is 2.34. The third-order valence-electron chi connectivity index (χ3n) is 4.71. The van der Waals surface area contributed by atoms with E-state index in [0.29, 0.717) is 18.7 Å². The van der Waals surface area contributed by atoms with Crippen LogP contribution in [0.3, 0.4) is 0 Å². The van der Waals surface area contributed by atoms with E-state index >= 15 is 0 Å². The summed E-state index contributed by atoms with van der Waals surface area (Å²) in [7, 11) is 0. The number of alkyl carbamates (subject to hydrolysis) is 1. The molecule has 0 bridgehead atoms. The summed E-state index contributed by atoms with van der Waals surface area (Å²) in [5.74, 6) is -0.119. The third-order valence-corrected chi connectivity index (χ3v) is 4.94. The molecule has 2 rings (SSSR count). The van der Waals surface area contributed by atoms with Crippen molar-refractivity contribution >= 4 is 23.6 Å².